The van der Waals surface area contributed by atoms with Crippen molar-refractivity contribution in [2.45, 2.75) is 13.0 Å². The molecule has 1 aliphatic heterocycles. The number of fused-ring (bicyclic) bond motifs is 1. The molecule has 1 aliphatic rings. The van der Waals surface area contributed by atoms with Gasteiger partial charge in [-0.25, -0.2) is 4.98 Å². The Labute approximate surface area is 152 Å². The molecule has 3 aromatic rings. The lowest BCUT2D eigenvalue weighted by Gasteiger charge is -2.33. The number of anilines is 1. The first kappa shape index (κ1) is 16.6. The van der Waals surface area contributed by atoms with E-state index in [2.05, 4.69) is 22.1 Å². The molecular weight excluding hydrogens is 328 g/mol. The zero-order valence-electron chi connectivity index (χ0n) is 15.0. The first-order valence-corrected chi connectivity index (χ1v) is 8.80. The van der Waals surface area contributed by atoms with Crippen molar-refractivity contribution in [3.63, 3.8) is 0 Å². The summed E-state index contributed by atoms with van der Waals surface area (Å²) in [7, 11) is 1.63. The van der Waals surface area contributed by atoms with Crippen molar-refractivity contribution in [1.82, 2.24) is 14.7 Å². The molecule has 0 radical (unpaired) electrons. The topological polar surface area (TPSA) is 58.9 Å². The third-order valence-corrected chi connectivity index (χ3v) is 4.74. The van der Waals surface area contributed by atoms with E-state index in [0.29, 0.717) is 17.4 Å². The maximum absolute atomic E-state index is 12.7. The lowest BCUT2D eigenvalue weighted by atomic mass is 10.1. The van der Waals surface area contributed by atoms with E-state index >= 15 is 0 Å². The third kappa shape index (κ3) is 3.15. The summed E-state index contributed by atoms with van der Waals surface area (Å²) in [4.78, 5) is 19.6. The van der Waals surface area contributed by atoms with E-state index in [1.165, 1.54) is 0 Å². The average molecular weight is 350 g/mol. The van der Waals surface area contributed by atoms with Crippen molar-refractivity contribution < 1.29 is 4.74 Å². The summed E-state index contributed by atoms with van der Waals surface area (Å²) in [5, 5.41) is 3.43. The molecule has 6 nitrogen and oxygen atoms in total. The Morgan fingerprint density at radius 1 is 1.23 bits per heavy atom. The molecule has 134 valence electrons. The van der Waals surface area contributed by atoms with Gasteiger partial charge >= 0.3 is 0 Å². The number of nitrogens with one attached hydrogen (secondary N) is 1. The minimum Gasteiger partial charge on any atom is -0.497 e. The highest BCUT2D eigenvalue weighted by Gasteiger charge is 2.16. The number of methoxy groups -OCH3 is 1. The molecule has 0 amide bonds. The number of pyridine rings is 1. The monoisotopic (exact) mass is 350 g/mol. The quantitative estimate of drug-likeness (QED) is 0.784. The normalized spacial score (nSPS) is 17.5. The predicted molar refractivity (Wildman–Crippen MR) is 103 cm³/mol. The van der Waals surface area contributed by atoms with Gasteiger partial charge in [0.2, 0.25) is 0 Å². The molecule has 0 spiro atoms. The van der Waals surface area contributed by atoms with Gasteiger partial charge in [-0.3, -0.25) is 9.20 Å². The average Bonchev–Trinajstić information content (AvgIpc) is 2.67. The fraction of sp³-hybridized carbons (Fsp3) is 0.300. The van der Waals surface area contributed by atoms with Crippen LogP contribution in [-0.4, -0.2) is 42.2 Å². The zero-order valence-corrected chi connectivity index (χ0v) is 15.0. The molecule has 6 heteroatoms. The van der Waals surface area contributed by atoms with Gasteiger partial charge in [0.25, 0.3) is 5.56 Å². The lowest BCUT2D eigenvalue weighted by molar-refractivity contribution is 0.415. The third-order valence-electron chi connectivity index (χ3n) is 4.74. The van der Waals surface area contributed by atoms with Crippen LogP contribution in [0.3, 0.4) is 0 Å². The second kappa shape index (κ2) is 6.80. The van der Waals surface area contributed by atoms with Crippen LogP contribution in [-0.2, 0) is 0 Å². The Bertz CT molecular complexity index is 999. The smallest absolute Gasteiger partial charge is 0.258 e. The molecule has 3 heterocycles. The van der Waals surface area contributed by atoms with Crippen molar-refractivity contribution >= 4 is 11.3 Å². The van der Waals surface area contributed by atoms with E-state index in [4.69, 9.17) is 4.74 Å². The lowest BCUT2D eigenvalue weighted by Crippen LogP contribution is -2.49. The van der Waals surface area contributed by atoms with Gasteiger partial charge in [0, 0.05) is 43.5 Å². The number of nitrogens with zero attached hydrogens (tertiary/aromatic N) is 3. The standard InChI is InChI=1S/C20H22N4O2/c1-14-12-23(9-8-21-14)16-6-7-19-22-18(11-20(25)24(19)13-16)15-4-3-5-17(10-15)26-2/h3-7,10-11,13-14,21H,8-9,12H2,1-2H3. The SMILES string of the molecule is COc1cccc(-c2cc(=O)n3cc(N4CCNC(C)C4)ccc3n2)c1. The minimum atomic E-state index is -0.0853. The second-order valence-electron chi connectivity index (χ2n) is 6.63. The van der Waals surface area contributed by atoms with Crippen LogP contribution in [0.2, 0.25) is 0 Å². The summed E-state index contributed by atoms with van der Waals surface area (Å²) in [6.45, 7) is 4.97. The molecule has 0 bridgehead atoms. The van der Waals surface area contributed by atoms with Gasteiger partial charge < -0.3 is 15.0 Å². The molecule has 4 rings (SSSR count). The first-order valence-electron chi connectivity index (χ1n) is 8.80. The summed E-state index contributed by atoms with van der Waals surface area (Å²) in [6.07, 6.45) is 1.89. The number of aromatic nitrogens is 2. The van der Waals surface area contributed by atoms with E-state index in [1.807, 2.05) is 42.6 Å². The molecular formula is C20H22N4O2. The van der Waals surface area contributed by atoms with Crippen molar-refractivity contribution in [3.8, 4) is 17.0 Å². The van der Waals surface area contributed by atoms with Crippen LogP contribution in [0.1, 0.15) is 6.92 Å². The first-order chi connectivity index (χ1) is 12.6. The Kier molecular flexibility index (Phi) is 4.34. The highest BCUT2D eigenvalue weighted by molar-refractivity contribution is 5.64. The fourth-order valence-electron chi connectivity index (χ4n) is 3.38. The van der Waals surface area contributed by atoms with E-state index in [0.717, 1.165) is 36.6 Å². The van der Waals surface area contributed by atoms with Crippen LogP contribution < -0.4 is 20.5 Å². The van der Waals surface area contributed by atoms with Gasteiger partial charge in [-0.1, -0.05) is 12.1 Å². The molecule has 1 aromatic carbocycles. The maximum Gasteiger partial charge on any atom is 0.258 e. The Balaban J connectivity index is 1.74. The second-order valence-corrected chi connectivity index (χ2v) is 6.63. The Hall–Kier alpha value is -2.86. The van der Waals surface area contributed by atoms with Crippen LogP contribution in [0.5, 0.6) is 5.75 Å². The Morgan fingerprint density at radius 3 is 2.92 bits per heavy atom. The molecule has 2 aromatic heterocycles. The van der Waals surface area contributed by atoms with Crippen LogP contribution in [0.25, 0.3) is 16.9 Å². The van der Waals surface area contributed by atoms with Gasteiger partial charge in [0.1, 0.15) is 11.4 Å². The molecule has 0 aliphatic carbocycles. The van der Waals surface area contributed by atoms with Crippen LogP contribution in [0.15, 0.2) is 53.5 Å². The summed E-state index contributed by atoms with van der Waals surface area (Å²) in [5.74, 6) is 0.743. The highest BCUT2D eigenvalue weighted by atomic mass is 16.5. The molecule has 26 heavy (non-hydrogen) atoms. The number of benzene rings is 1. The van der Waals surface area contributed by atoms with Crippen LogP contribution in [0, 0.1) is 0 Å². The van der Waals surface area contributed by atoms with Crippen molar-refractivity contribution in [3.05, 3.63) is 59.0 Å². The minimum absolute atomic E-state index is 0.0853. The van der Waals surface area contributed by atoms with E-state index in [9.17, 15) is 4.79 Å². The summed E-state index contributed by atoms with van der Waals surface area (Å²) >= 11 is 0. The number of rotatable bonds is 3. The van der Waals surface area contributed by atoms with E-state index in [1.54, 1.807) is 17.6 Å². The number of ether oxygens (including phenoxy) is 1. The molecule has 1 saturated heterocycles. The van der Waals surface area contributed by atoms with E-state index < -0.39 is 0 Å². The summed E-state index contributed by atoms with van der Waals surface area (Å²) < 4.78 is 6.88. The molecule has 1 unspecified atom stereocenters. The van der Waals surface area contributed by atoms with Gasteiger partial charge in [-0.2, -0.15) is 0 Å². The molecule has 1 N–H and O–H groups in total. The van der Waals surface area contributed by atoms with Gasteiger partial charge in [-0.05, 0) is 31.2 Å². The zero-order chi connectivity index (χ0) is 18.1. The number of hydrogen-bond donors (Lipinski definition) is 1. The largest absolute Gasteiger partial charge is 0.497 e. The predicted octanol–water partition coefficient (Wildman–Crippen LogP) is 2.17. The van der Waals surface area contributed by atoms with Crippen LogP contribution in [0.4, 0.5) is 5.69 Å². The van der Waals surface area contributed by atoms with Crippen molar-refractivity contribution in [1.29, 1.82) is 0 Å². The number of hydrogen-bond acceptors (Lipinski definition) is 5. The van der Waals surface area contributed by atoms with Gasteiger partial charge in [-0.15, -0.1) is 0 Å². The summed E-state index contributed by atoms with van der Waals surface area (Å²) in [5.41, 5.74) is 3.12. The Morgan fingerprint density at radius 2 is 2.12 bits per heavy atom. The van der Waals surface area contributed by atoms with Crippen molar-refractivity contribution in [2.24, 2.45) is 0 Å². The number of piperazine rings is 1. The molecule has 1 fully saturated rings. The maximum atomic E-state index is 12.7. The highest BCUT2D eigenvalue weighted by Crippen LogP contribution is 2.22. The summed E-state index contributed by atoms with van der Waals surface area (Å²) in [6, 6.07) is 13.5. The van der Waals surface area contributed by atoms with Crippen LogP contribution >= 0.6 is 0 Å². The van der Waals surface area contributed by atoms with E-state index in [-0.39, 0.29) is 5.56 Å². The molecule has 1 atom stereocenters. The van der Waals surface area contributed by atoms with Gasteiger partial charge in [0.05, 0.1) is 18.5 Å². The fourth-order valence-corrected chi connectivity index (χ4v) is 3.38. The van der Waals surface area contributed by atoms with Crippen molar-refractivity contribution in [2.75, 3.05) is 31.6 Å². The molecule has 0 saturated carbocycles. The van der Waals surface area contributed by atoms with Gasteiger partial charge in [0.15, 0.2) is 0 Å².